The molecule has 0 aliphatic carbocycles. The molecule has 8 heteroatoms. The molecule has 0 saturated carbocycles. The van der Waals surface area contributed by atoms with E-state index in [0.717, 1.165) is 44.9 Å². The number of sulfonamides is 1. The summed E-state index contributed by atoms with van der Waals surface area (Å²) in [6, 6.07) is 0. The van der Waals surface area contributed by atoms with E-state index in [1.54, 1.807) is 0 Å². The summed E-state index contributed by atoms with van der Waals surface area (Å²) in [5.41, 5.74) is 0.113. The highest BCUT2D eigenvalue weighted by Gasteiger charge is 2.35. The van der Waals surface area contributed by atoms with E-state index in [2.05, 4.69) is 31.4 Å². The van der Waals surface area contributed by atoms with Gasteiger partial charge in [-0.2, -0.15) is 0 Å². The third kappa shape index (κ3) is 8.79. The number of hydrogen-bond donors (Lipinski definition) is 2. The van der Waals surface area contributed by atoms with Crippen molar-refractivity contribution < 1.29 is 13.2 Å². The van der Waals surface area contributed by atoms with Crippen LogP contribution in [0.5, 0.6) is 0 Å². The van der Waals surface area contributed by atoms with Gasteiger partial charge >= 0.3 is 0 Å². The van der Waals surface area contributed by atoms with Crippen molar-refractivity contribution in [1.82, 2.24) is 14.9 Å². The molecular formula is C19H40N4O3S. The van der Waals surface area contributed by atoms with Crippen molar-refractivity contribution in [1.29, 1.82) is 0 Å². The molecule has 1 heterocycles. The molecule has 0 amide bonds. The number of nitrogens with zero attached hydrogens (tertiary/aromatic N) is 2. The molecule has 2 unspecified atom stereocenters. The number of hydrogen-bond acceptors (Lipinski definition) is 4. The molecule has 1 rings (SSSR count). The second kappa shape index (κ2) is 11.2. The van der Waals surface area contributed by atoms with Crippen LogP contribution in [0.25, 0.3) is 0 Å². The zero-order chi connectivity index (χ0) is 20.5. The lowest BCUT2D eigenvalue weighted by molar-refractivity contribution is -0.0823. The molecule has 27 heavy (non-hydrogen) atoms. The maximum absolute atomic E-state index is 11.6. The molecule has 0 bridgehead atoms. The van der Waals surface area contributed by atoms with Gasteiger partial charge in [-0.3, -0.25) is 4.99 Å². The standard InChI is InChI=1S/C19H40N4O3S/c1-7-20-18(21-12-10-13-23(8-2)27(6,24)25)22-15-16-11-9-14-26-17(16)19(3,4)5/h16-17H,7-15H2,1-6H3,(H2,20,21,22). The van der Waals surface area contributed by atoms with Gasteiger partial charge in [-0.1, -0.05) is 27.7 Å². The molecule has 1 fully saturated rings. The van der Waals surface area contributed by atoms with E-state index in [4.69, 9.17) is 9.73 Å². The van der Waals surface area contributed by atoms with Crippen molar-refractivity contribution in [2.45, 2.75) is 60.0 Å². The Hall–Kier alpha value is -0.860. The van der Waals surface area contributed by atoms with Crippen LogP contribution in [0, 0.1) is 11.3 Å². The van der Waals surface area contributed by atoms with Gasteiger partial charge < -0.3 is 15.4 Å². The summed E-state index contributed by atoms with van der Waals surface area (Å²) in [6.45, 7) is 14.7. The number of aliphatic imine (C=N–C) groups is 1. The predicted octanol–water partition coefficient (Wildman–Crippen LogP) is 2.05. The second-order valence-electron chi connectivity index (χ2n) is 8.31. The minimum atomic E-state index is -3.13. The van der Waals surface area contributed by atoms with Crippen LogP contribution in [0.2, 0.25) is 0 Å². The number of rotatable bonds is 9. The van der Waals surface area contributed by atoms with Crippen molar-refractivity contribution >= 4 is 16.0 Å². The van der Waals surface area contributed by atoms with Gasteiger partial charge in [0.2, 0.25) is 10.0 Å². The van der Waals surface area contributed by atoms with Crippen LogP contribution in [0.1, 0.15) is 53.9 Å². The average Bonchev–Trinajstić information content (AvgIpc) is 2.57. The van der Waals surface area contributed by atoms with E-state index in [0.29, 0.717) is 25.6 Å². The lowest BCUT2D eigenvalue weighted by Gasteiger charge is -2.39. The molecule has 1 aliphatic heterocycles. The Morgan fingerprint density at radius 1 is 1.26 bits per heavy atom. The minimum absolute atomic E-state index is 0.113. The van der Waals surface area contributed by atoms with Gasteiger partial charge in [0.15, 0.2) is 5.96 Å². The molecule has 160 valence electrons. The third-order valence-electron chi connectivity index (χ3n) is 4.82. The first-order chi connectivity index (χ1) is 12.6. The molecule has 0 aromatic carbocycles. The molecular weight excluding hydrogens is 364 g/mol. The van der Waals surface area contributed by atoms with Crippen molar-refractivity contribution in [2.24, 2.45) is 16.3 Å². The van der Waals surface area contributed by atoms with Gasteiger partial charge in [-0.25, -0.2) is 12.7 Å². The number of nitrogens with one attached hydrogen (secondary N) is 2. The predicted molar refractivity (Wildman–Crippen MR) is 113 cm³/mol. The maximum atomic E-state index is 11.6. The number of ether oxygens (including phenoxy) is 1. The van der Waals surface area contributed by atoms with Crippen LogP contribution in [0.3, 0.4) is 0 Å². The maximum Gasteiger partial charge on any atom is 0.211 e. The molecule has 0 aromatic rings. The Bertz CT molecular complexity index is 558. The van der Waals surface area contributed by atoms with E-state index in [1.165, 1.54) is 10.6 Å². The van der Waals surface area contributed by atoms with E-state index in [1.807, 2.05) is 13.8 Å². The molecule has 2 N–H and O–H groups in total. The van der Waals surface area contributed by atoms with Crippen molar-refractivity contribution in [3.05, 3.63) is 0 Å². The quantitative estimate of drug-likeness (QED) is 0.349. The van der Waals surface area contributed by atoms with E-state index >= 15 is 0 Å². The second-order valence-corrected chi connectivity index (χ2v) is 10.3. The Kier molecular flexibility index (Phi) is 10.0. The van der Waals surface area contributed by atoms with E-state index in [9.17, 15) is 8.42 Å². The van der Waals surface area contributed by atoms with Crippen LogP contribution in [0.4, 0.5) is 0 Å². The Morgan fingerprint density at radius 2 is 1.96 bits per heavy atom. The first-order valence-corrected chi connectivity index (χ1v) is 12.0. The summed E-state index contributed by atoms with van der Waals surface area (Å²) < 4.78 is 30.8. The van der Waals surface area contributed by atoms with E-state index < -0.39 is 10.0 Å². The van der Waals surface area contributed by atoms with Crippen LogP contribution in [-0.4, -0.2) is 70.4 Å². The van der Waals surface area contributed by atoms with Crippen molar-refractivity contribution in [3.63, 3.8) is 0 Å². The molecule has 7 nitrogen and oxygen atoms in total. The van der Waals surface area contributed by atoms with Gasteiger partial charge in [0.1, 0.15) is 0 Å². The fraction of sp³-hybridized carbons (Fsp3) is 0.947. The fourth-order valence-electron chi connectivity index (χ4n) is 3.56. The highest BCUT2D eigenvalue weighted by molar-refractivity contribution is 7.88. The zero-order valence-corrected chi connectivity index (χ0v) is 18.9. The van der Waals surface area contributed by atoms with Crippen molar-refractivity contribution in [2.75, 3.05) is 45.6 Å². The fourth-order valence-corrected chi connectivity index (χ4v) is 4.49. The SMILES string of the molecule is CCNC(=NCC1CCCOC1C(C)(C)C)NCCCN(CC)S(C)(=O)=O. The first-order valence-electron chi connectivity index (χ1n) is 10.2. The molecule has 0 spiro atoms. The summed E-state index contributed by atoms with van der Waals surface area (Å²) in [4.78, 5) is 4.77. The summed E-state index contributed by atoms with van der Waals surface area (Å²) in [6.07, 6.45) is 4.46. The number of guanidine groups is 1. The Balaban J connectivity index is 2.56. The molecule has 0 radical (unpaired) electrons. The van der Waals surface area contributed by atoms with Crippen LogP contribution < -0.4 is 10.6 Å². The summed E-state index contributed by atoms with van der Waals surface area (Å²) >= 11 is 0. The lowest BCUT2D eigenvalue weighted by Crippen LogP contribution is -2.43. The Labute approximate surface area is 166 Å². The van der Waals surface area contributed by atoms with Crippen LogP contribution in [0.15, 0.2) is 4.99 Å². The van der Waals surface area contributed by atoms with Crippen LogP contribution >= 0.6 is 0 Å². The molecule has 0 aromatic heterocycles. The Morgan fingerprint density at radius 3 is 2.52 bits per heavy atom. The highest BCUT2D eigenvalue weighted by atomic mass is 32.2. The third-order valence-corrected chi connectivity index (χ3v) is 6.20. The largest absolute Gasteiger partial charge is 0.377 e. The van der Waals surface area contributed by atoms with E-state index in [-0.39, 0.29) is 11.5 Å². The molecule has 1 aliphatic rings. The topological polar surface area (TPSA) is 83.0 Å². The average molecular weight is 405 g/mol. The lowest BCUT2D eigenvalue weighted by atomic mass is 9.78. The summed E-state index contributed by atoms with van der Waals surface area (Å²) in [5.74, 6) is 1.22. The minimum Gasteiger partial charge on any atom is -0.377 e. The first kappa shape index (κ1) is 24.2. The van der Waals surface area contributed by atoms with Crippen LogP contribution in [-0.2, 0) is 14.8 Å². The van der Waals surface area contributed by atoms with Gasteiger partial charge in [0, 0.05) is 45.2 Å². The zero-order valence-electron chi connectivity index (χ0n) is 18.0. The molecule has 1 saturated heterocycles. The monoisotopic (exact) mass is 404 g/mol. The van der Waals surface area contributed by atoms with Gasteiger partial charge in [0.05, 0.1) is 12.4 Å². The van der Waals surface area contributed by atoms with Crippen molar-refractivity contribution in [3.8, 4) is 0 Å². The summed E-state index contributed by atoms with van der Waals surface area (Å²) in [7, 11) is -3.13. The molecule has 2 atom stereocenters. The highest BCUT2D eigenvalue weighted by Crippen LogP contribution is 2.34. The van der Waals surface area contributed by atoms with Gasteiger partial charge in [-0.05, 0) is 31.6 Å². The van der Waals surface area contributed by atoms with Gasteiger partial charge in [-0.15, -0.1) is 0 Å². The van der Waals surface area contributed by atoms with Gasteiger partial charge in [0.25, 0.3) is 0 Å². The smallest absolute Gasteiger partial charge is 0.211 e. The summed E-state index contributed by atoms with van der Waals surface area (Å²) in [5, 5.41) is 6.60. The normalized spacial score (nSPS) is 22.1.